The quantitative estimate of drug-likeness (QED) is 0.312. The molecule has 0 aliphatic heterocycles. The smallest absolute Gasteiger partial charge is 0.253 e. The topological polar surface area (TPSA) is 147 Å². The Morgan fingerprint density at radius 1 is 1.09 bits per heavy atom. The molecule has 0 aliphatic rings. The number of nitrogen functional groups attached to an aromatic ring is 1. The SMILES string of the molecule is CN(CC(O)C(O)C(O)C(O)CO)C(=O)c1ccc(N)cc1. The van der Waals surface area contributed by atoms with Crippen molar-refractivity contribution in [2.45, 2.75) is 24.4 Å². The van der Waals surface area contributed by atoms with Crippen LogP contribution < -0.4 is 5.73 Å². The summed E-state index contributed by atoms with van der Waals surface area (Å²) in [5.74, 6) is -0.400. The second-order valence-electron chi connectivity index (χ2n) is 5.11. The van der Waals surface area contributed by atoms with Crippen molar-refractivity contribution in [2.75, 3.05) is 25.9 Å². The molecule has 4 atom stereocenters. The summed E-state index contributed by atoms with van der Waals surface area (Å²) in [4.78, 5) is 13.3. The van der Waals surface area contributed by atoms with Crippen molar-refractivity contribution < 1.29 is 30.3 Å². The minimum atomic E-state index is -1.72. The number of amides is 1. The van der Waals surface area contributed by atoms with Crippen molar-refractivity contribution in [3.05, 3.63) is 29.8 Å². The van der Waals surface area contributed by atoms with E-state index in [-0.39, 0.29) is 6.54 Å². The molecule has 1 amide bonds. The summed E-state index contributed by atoms with van der Waals surface area (Å²) >= 11 is 0. The standard InChI is InChI=1S/C14H22N2O6/c1-16(14(22)8-2-4-9(15)5-3-8)6-10(18)12(20)13(21)11(19)7-17/h2-5,10-13,17-21H,6-7,15H2,1H3. The van der Waals surface area contributed by atoms with Crippen molar-refractivity contribution in [2.24, 2.45) is 0 Å². The molecule has 7 N–H and O–H groups in total. The van der Waals surface area contributed by atoms with Gasteiger partial charge in [-0.2, -0.15) is 0 Å². The van der Waals surface area contributed by atoms with Crippen LogP contribution in [-0.2, 0) is 0 Å². The number of hydrogen-bond donors (Lipinski definition) is 6. The van der Waals surface area contributed by atoms with Gasteiger partial charge in [-0.15, -0.1) is 0 Å². The zero-order valence-corrected chi connectivity index (χ0v) is 12.2. The molecule has 0 aromatic heterocycles. The van der Waals surface area contributed by atoms with Gasteiger partial charge in [0.15, 0.2) is 0 Å². The van der Waals surface area contributed by atoms with Crippen molar-refractivity contribution in [3.8, 4) is 0 Å². The fourth-order valence-electron chi connectivity index (χ4n) is 1.88. The molecule has 8 heteroatoms. The number of rotatable bonds is 7. The van der Waals surface area contributed by atoms with Gasteiger partial charge in [-0.1, -0.05) is 0 Å². The van der Waals surface area contributed by atoms with E-state index in [2.05, 4.69) is 0 Å². The third-order valence-corrected chi connectivity index (χ3v) is 3.29. The zero-order valence-electron chi connectivity index (χ0n) is 12.2. The maximum absolute atomic E-state index is 12.1. The minimum absolute atomic E-state index is 0.264. The molecule has 124 valence electrons. The molecule has 4 unspecified atom stereocenters. The van der Waals surface area contributed by atoms with Crippen LogP contribution in [0.25, 0.3) is 0 Å². The lowest BCUT2D eigenvalue weighted by molar-refractivity contribution is -0.117. The van der Waals surface area contributed by atoms with Crippen LogP contribution in [0.15, 0.2) is 24.3 Å². The van der Waals surface area contributed by atoms with E-state index in [0.29, 0.717) is 11.3 Å². The number of carbonyl (C=O) groups is 1. The lowest BCUT2D eigenvalue weighted by atomic mass is 10.0. The van der Waals surface area contributed by atoms with Gasteiger partial charge in [-0.25, -0.2) is 0 Å². The summed E-state index contributed by atoms with van der Waals surface area (Å²) in [5, 5.41) is 47.0. The second kappa shape index (κ2) is 8.06. The van der Waals surface area contributed by atoms with Gasteiger partial charge in [-0.3, -0.25) is 4.79 Å². The molecule has 0 saturated heterocycles. The summed E-state index contributed by atoms with van der Waals surface area (Å²) in [6.45, 7) is -1.02. The van der Waals surface area contributed by atoms with E-state index in [1.807, 2.05) is 0 Å². The van der Waals surface area contributed by atoms with Crippen LogP contribution in [0.1, 0.15) is 10.4 Å². The van der Waals surface area contributed by atoms with Crippen LogP contribution in [0.3, 0.4) is 0 Å². The molecule has 1 aromatic rings. The molecule has 0 heterocycles. The Kier molecular flexibility index (Phi) is 6.72. The van der Waals surface area contributed by atoms with E-state index < -0.39 is 36.9 Å². The summed E-state index contributed by atoms with van der Waals surface area (Å²) in [7, 11) is 1.42. The minimum Gasteiger partial charge on any atom is -0.399 e. The van der Waals surface area contributed by atoms with E-state index in [0.717, 1.165) is 4.90 Å². The largest absolute Gasteiger partial charge is 0.399 e. The predicted molar refractivity (Wildman–Crippen MR) is 78.9 cm³/mol. The Morgan fingerprint density at radius 2 is 1.59 bits per heavy atom. The number of nitrogens with two attached hydrogens (primary N) is 1. The van der Waals surface area contributed by atoms with Gasteiger partial charge in [0, 0.05) is 24.8 Å². The van der Waals surface area contributed by atoms with Gasteiger partial charge in [0.25, 0.3) is 5.91 Å². The first-order chi connectivity index (χ1) is 10.3. The molecule has 1 rings (SSSR count). The van der Waals surface area contributed by atoms with Crippen molar-refractivity contribution in [1.82, 2.24) is 4.90 Å². The number of benzene rings is 1. The van der Waals surface area contributed by atoms with Crippen LogP contribution in [0.5, 0.6) is 0 Å². The number of likely N-dealkylation sites (N-methyl/N-ethyl adjacent to an activating group) is 1. The normalized spacial score (nSPS) is 16.6. The van der Waals surface area contributed by atoms with Crippen LogP contribution in [-0.4, -0.2) is 81.0 Å². The summed E-state index contributed by atoms with van der Waals surface area (Å²) in [5.41, 5.74) is 6.39. The molecule has 0 saturated carbocycles. The summed E-state index contributed by atoms with van der Waals surface area (Å²) < 4.78 is 0. The fourth-order valence-corrected chi connectivity index (χ4v) is 1.88. The summed E-state index contributed by atoms with van der Waals surface area (Å²) in [6, 6.07) is 6.18. The van der Waals surface area contributed by atoms with Crippen molar-refractivity contribution in [1.29, 1.82) is 0 Å². The molecule has 0 aliphatic carbocycles. The van der Waals surface area contributed by atoms with Gasteiger partial charge < -0.3 is 36.2 Å². The van der Waals surface area contributed by atoms with Gasteiger partial charge in [0.1, 0.15) is 24.4 Å². The summed E-state index contributed by atoms with van der Waals surface area (Å²) in [6.07, 6.45) is -6.49. The molecular weight excluding hydrogens is 292 g/mol. The average molecular weight is 314 g/mol. The monoisotopic (exact) mass is 314 g/mol. The average Bonchev–Trinajstić information content (AvgIpc) is 2.52. The lowest BCUT2D eigenvalue weighted by Gasteiger charge is -2.28. The van der Waals surface area contributed by atoms with Crippen LogP contribution in [0, 0.1) is 0 Å². The first kappa shape index (κ1) is 18.3. The van der Waals surface area contributed by atoms with E-state index in [4.69, 9.17) is 10.8 Å². The zero-order chi connectivity index (χ0) is 16.9. The predicted octanol–water partition coefficient (Wildman–Crippen LogP) is -2.22. The van der Waals surface area contributed by atoms with Crippen LogP contribution in [0.4, 0.5) is 5.69 Å². The van der Waals surface area contributed by atoms with Gasteiger partial charge >= 0.3 is 0 Å². The maximum atomic E-state index is 12.1. The third kappa shape index (κ3) is 4.65. The van der Waals surface area contributed by atoms with E-state index >= 15 is 0 Å². The highest BCUT2D eigenvalue weighted by Gasteiger charge is 2.31. The molecule has 8 nitrogen and oxygen atoms in total. The highest BCUT2D eigenvalue weighted by atomic mass is 16.4. The molecule has 1 aromatic carbocycles. The number of nitrogens with zero attached hydrogens (tertiary/aromatic N) is 1. The maximum Gasteiger partial charge on any atom is 0.253 e. The first-order valence-corrected chi connectivity index (χ1v) is 6.72. The highest BCUT2D eigenvalue weighted by Crippen LogP contribution is 2.10. The van der Waals surface area contributed by atoms with Crippen LogP contribution >= 0.6 is 0 Å². The van der Waals surface area contributed by atoms with Crippen molar-refractivity contribution in [3.63, 3.8) is 0 Å². The molecular formula is C14H22N2O6. The van der Waals surface area contributed by atoms with E-state index in [1.54, 1.807) is 12.1 Å². The van der Waals surface area contributed by atoms with Crippen molar-refractivity contribution >= 4 is 11.6 Å². The van der Waals surface area contributed by atoms with E-state index in [9.17, 15) is 25.2 Å². The Labute approximate surface area is 128 Å². The number of anilines is 1. The Morgan fingerprint density at radius 3 is 2.09 bits per heavy atom. The van der Waals surface area contributed by atoms with Crippen LogP contribution in [0.2, 0.25) is 0 Å². The molecule has 22 heavy (non-hydrogen) atoms. The van der Waals surface area contributed by atoms with Gasteiger partial charge in [0.2, 0.25) is 0 Å². The number of aliphatic hydroxyl groups excluding tert-OH is 5. The molecule has 0 fully saturated rings. The van der Waals surface area contributed by atoms with E-state index in [1.165, 1.54) is 19.2 Å². The fraction of sp³-hybridized carbons (Fsp3) is 0.500. The second-order valence-corrected chi connectivity index (χ2v) is 5.11. The van der Waals surface area contributed by atoms with Gasteiger partial charge in [-0.05, 0) is 24.3 Å². The number of hydrogen-bond acceptors (Lipinski definition) is 7. The third-order valence-electron chi connectivity index (χ3n) is 3.29. The molecule has 0 bridgehead atoms. The lowest BCUT2D eigenvalue weighted by Crippen LogP contribution is -2.49. The Bertz CT molecular complexity index is 481. The molecule has 0 radical (unpaired) electrons. The highest BCUT2D eigenvalue weighted by molar-refractivity contribution is 5.94. The van der Waals surface area contributed by atoms with Gasteiger partial charge in [0.05, 0.1) is 6.61 Å². The number of aliphatic hydroxyl groups is 5. The number of carbonyl (C=O) groups excluding carboxylic acids is 1. The Balaban J connectivity index is 2.64. The molecule has 0 spiro atoms. The Hall–Kier alpha value is -1.71. The first-order valence-electron chi connectivity index (χ1n) is 6.72.